The monoisotopic (exact) mass is 504 g/mol. The smallest absolute Gasteiger partial charge is 0.403 e. The summed E-state index contributed by atoms with van der Waals surface area (Å²) < 4.78 is 48.7. The first-order valence-electron chi connectivity index (χ1n) is 9.08. The third-order valence-electron chi connectivity index (χ3n) is 4.95. The van der Waals surface area contributed by atoms with Crippen molar-refractivity contribution in [3.63, 3.8) is 0 Å². The van der Waals surface area contributed by atoms with Gasteiger partial charge in [-0.05, 0) is 43.7 Å². The molecular formula is C20H29ClF3IO. The largest absolute Gasteiger partial charge is 0.430 e. The van der Waals surface area contributed by atoms with Crippen LogP contribution in [-0.4, -0.2) is 10.0 Å². The van der Waals surface area contributed by atoms with Gasteiger partial charge < -0.3 is 4.74 Å². The Labute approximate surface area is 174 Å². The first-order valence-corrected chi connectivity index (χ1v) is 10.7. The summed E-state index contributed by atoms with van der Waals surface area (Å²) in [5, 5.41) is -0.401. The van der Waals surface area contributed by atoms with Crippen LogP contribution in [0.15, 0.2) is 12.1 Å². The summed E-state index contributed by atoms with van der Waals surface area (Å²) in [6.45, 7) is 8.79. The van der Waals surface area contributed by atoms with Gasteiger partial charge in [-0.25, -0.2) is 4.39 Å². The number of hydrogen-bond donors (Lipinski definition) is 0. The van der Waals surface area contributed by atoms with Crippen LogP contribution >= 0.6 is 34.2 Å². The Morgan fingerprint density at radius 1 is 1.23 bits per heavy atom. The summed E-state index contributed by atoms with van der Waals surface area (Å²) in [6.07, 6.45) is 0.676. The maximum Gasteiger partial charge on any atom is 0.403 e. The third kappa shape index (κ3) is 6.18. The summed E-state index contributed by atoms with van der Waals surface area (Å²) in [7, 11) is 0. The molecule has 2 atom stereocenters. The normalized spacial score (nSPS) is 15.0. The molecule has 0 bridgehead atoms. The fraction of sp³-hybridized carbons (Fsp3) is 0.700. The Bertz CT molecular complexity index is 591. The molecule has 0 amide bonds. The van der Waals surface area contributed by atoms with Crippen LogP contribution < -0.4 is 4.74 Å². The van der Waals surface area contributed by atoms with E-state index in [0.717, 1.165) is 19.3 Å². The second-order valence-corrected chi connectivity index (χ2v) is 9.97. The molecule has 0 aliphatic carbocycles. The minimum absolute atomic E-state index is 0.291. The Balaban J connectivity index is 2.78. The highest BCUT2D eigenvalue weighted by molar-refractivity contribution is 14.1. The zero-order valence-electron chi connectivity index (χ0n) is 16.1. The number of rotatable bonds is 10. The van der Waals surface area contributed by atoms with Crippen molar-refractivity contribution in [2.24, 2.45) is 11.3 Å². The number of hydrogen-bond acceptors (Lipinski definition) is 1. The van der Waals surface area contributed by atoms with Crippen molar-refractivity contribution in [3.8, 4) is 5.75 Å². The van der Waals surface area contributed by atoms with Gasteiger partial charge in [0, 0.05) is 3.92 Å². The van der Waals surface area contributed by atoms with Crippen LogP contribution in [0.1, 0.15) is 65.4 Å². The van der Waals surface area contributed by atoms with Gasteiger partial charge in [0.1, 0.15) is 16.6 Å². The van der Waals surface area contributed by atoms with E-state index in [2.05, 4.69) is 36.4 Å². The first-order chi connectivity index (χ1) is 11.9. The SMILES string of the molecule is CCCC(CCCC(C)(C)C(F)(F)Oc1ccc(C)c(F)c1Cl)C(C)I. The molecule has 0 fully saturated rings. The Morgan fingerprint density at radius 3 is 2.38 bits per heavy atom. The number of benzene rings is 1. The van der Waals surface area contributed by atoms with Crippen LogP contribution in [0.5, 0.6) is 5.75 Å². The van der Waals surface area contributed by atoms with Crippen molar-refractivity contribution in [2.45, 2.75) is 76.8 Å². The van der Waals surface area contributed by atoms with Crippen molar-refractivity contribution in [2.75, 3.05) is 0 Å². The quantitative estimate of drug-likeness (QED) is 0.230. The second kappa shape index (κ2) is 9.85. The predicted octanol–water partition coefficient (Wildman–Crippen LogP) is 8.20. The highest BCUT2D eigenvalue weighted by atomic mass is 127. The molecule has 0 aliphatic rings. The van der Waals surface area contributed by atoms with Gasteiger partial charge in [0.25, 0.3) is 0 Å². The predicted molar refractivity (Wildman–Crippen MR) is 111 cm³/mol. The van der Waals surface area contributed by atoms with Gasteiger partial charge in [0.15, 0.2) is 0 Å². The van der Waals surface area contributed by atoms with E-state index in [0.29, 0.717) is 28.2 Å². The van der Waals surface area contributed by atoms with Crippen molar-refractivity contribution in [1.82, 2.24) is 0 Å². The van der Waals surface area contributed by atoms with E-state index < -0.39 is 22.4 Å². The molecule has 6 heteroatoms. The maximum absolute atomic E-state index is 14.7. The van der Waals surface area contributed by atoms with Crippen molar-refractivity contribution in [3.05, 3.63) is 28.5 Å². The average molecular weight is 505 g/mol. The molecule has 0 spiro atoms. The number of alkyl halides is 3. The van der Waals surface area contributed by atoms with E-state index in [1.807, 2.05) is 0 Å². The van der Waals surface area contributed by atoms with E-state index in [1.165, 1.54) is 32.9 Å². The molecule has 0 aromatic heterocycles. The highest BCUT2D eigenvalue weighted by Gasteiger charge is 2.49. The maximum atomic E-state index is 14.7. The van der Waals surface area contributed by atoms with Crippen LogP contribution in [0.3, 0.4) is 0 Å². The topological polar surface area (TPSA) is 9.23 Å². The third-order valence-corrected chi connectivity index (χ3v) is 6.32. The molecule has 2 unspecified atom stereocenters. The summed E-state index contributed by atoms with van der Waals surface area (Å²) in [5.41, 5.74) is -1.09. The summed E-state index contributed by atoms with van der Waals surface area (Å²) in [4.78, 5) is 0. The highest BCUT2D eigenvalue weighted by Crippen LogP contribution is 2.44. The molecule has 0 heterocycles. The lowest BCUT2D eigenvalue weighted by molar-refractivity contribution is -0.251. The van der Waals surface area contributed by atoms with Crippen LogP contribution in [0.25, 0.3) is 0 Å². The Hall–Kier alpha value is -0.170. The average Bonchev–Trinajstić information content (AvgIpc) is 2.54. The van der Waals surface area contributed by atoms with Gasteiger partial charge in [-0.3, -0.25) is 0 Å². The van der Waals surface area contributed by atoms with Crippen molar-refractivity contribution >= 4 is 34.2 Å². The summed E-state index contributed by atoms with van der Waals surface area (Å²) in [5.74, 6) is -0.514. The van der Waals surface area contributed by atoms with E-state index in [4.69, 9.17) is 16.3 Å². The summed E-state index contributed by atoms with van der Waals surface area (Å²) >= 11 is 8.24. The van der Waals surface area contributed by atoms with Crippen molar-refractivity contribution in [1.29, 1.82) is 0 Å². The van der Waals surface area contributed by atoms with Gasteiger partial charge in [-0.1, -0.05) is 80.8 Å². The molecule has 150 valence electrons. The standard InChI is InChI=1S/C20H29ClF3IO/c1-6-8-15(14(3)25)9-7-12-19(4,5)20(23,24)26-16-11-10-13(2)18(22)17(16)21/h10-11,14-15H,6-9,12H2,1-5H3. The van der Waals surface area contributed by atoms with Gasteiger partial charge in [0.2, 0.25) is 0 Å². The summed E-state index contributed by atoms with van der Waals surface area (Å²) in [6, 6.07) is 2.68. The van der Waals surface area contributed by atoms with Crippen LogP contribution in [-0.2, 0) is 0 Å². The molecule has 0 N–H and O–H groups in total. The zero-order valence-corrected chi connectivity index (χ0v) is 19.1. The first kappa shape index (κ1) is 23.9. The van der Waals surface area contributed by atoms with E-state index >= 15 is 0 Å². The molecule has 0 aliphatic heterocycles. The molecule has 1 aromatic rings. The lowest BCUT2D eigenvalue weighted by atomic mass is 9.83. The van der Waals surface area contributed by atoms with Crippen molar-refractivity contribution < 1.29 is 17.9 Å². The van der Waals surface area contributed by atoms with Gasteiger partial charge in [0.05, 0.1) is 5.41 Å². The molecule has 1 rings (SSSR count). The molecule has 1 aromatic carbocycles. The fourth-order valence-corrected chi connectivity index (χ4v) is 3.88. The number of ether oxygens (including phenoxy) is 1. The van der Waals surface area contributed by atoms with E-state index in [9.17, 15) is 13.2 Å². The Kier molecular flexibility index (Phi) is 9.04. The lowest BCUT2D eigenvalue weighted by Crippen LogP contribution is -2.42. The number of halogens is 5. The van der Waals surface area contributed by atoms with E-state index in [-0.39, 0.29) is 5.75 Å². The minimum Gasteiger partial charge on any atom is -0.430 e. The zero-order chi connectivity index (χ0) is 20.1. The minimum atomic E-state index is -3.45. The van der Waals surface area contributed by atoms with Crippen LogP contribution in [0, 0.1) is 24.1 Å². The van der Waals surface area contributed by atoms with Gasteiger partial charge >= 0.3 is 6.11 Å². The molecule has 0 saturated heterocycles. The van der Waals surface area contributed by atoms with E-state index in [1.54, 1.807) is 0 Å². The van der Waals surface area contributed by atoms with Gasteiger partial charge in [-0.2, -0.15) is 8.78 Å². The molecule has 0 saturated carbocycles. The molecule has 0 radical (unpaired) electrons. The molecular weight excluding hydrogens is 476 g/mol. The van der Waals surface area contributed by atoms with Crippen LogP contribution in [0.2, 0.25) is 5.02 Å². The number of aryl methyl sites for hydroxylation is 1. The molecule has 1 nitrogen and oxygen atoms in total. The second-order valence-electron chi connectivity index (χ2n) is 7.63. The Morgan fingerprint density at radius 2 is 1.85 bits per heavy atom. The fourth-order valence-electron chi connectivity index (χ4n) is 2.91. The van der Waals surface area contributed by atoms with Crippen LogP contribution in [0.4, 0.5) is 13.2 Å². The molecule has 26 heavy (non-hydrogen) atoms. The van der Waals surface area contributed by atoms with Gasteiger partial charge in [-0.15, -0.1) is 0 Å². The lowest BCUT2D eigenvalue weighted by Gasteiger charge is -2.34.